The normalized spacial score (nSPS) is 12.5. The third-order valence-electron chi connectivity index (χ3n) is 2.95. The highest BCUT2D eigenvalue weighted by molar-refractivity contribution is 9.10. The van der Waals surface area contributed by atoms with E-state index in [4.69, 9.17) is 11.0 Å². The van der Waals surface area contributed by atoms with Gasteiger partial charge in [0.2, 0.25) is 0 Å². The van der Waals surface area contributed by atoms with Crippen molar-refractivity contribution in [1.29, 1.82) is 5.26 Å². The van der Waals surface area contributed by atoms with Crippen molar-refractivity contribution in [3.63, 3.8) is 0 Å². The molecule has 0 bridgehead atoms. The molecule has 0 saturated carbocycles. The van der Waals surface area contributed by atoms with Gasteiger partial charge in [0.25, 0.3) is 0 Å². The molecule has 0 aliphatic rings. The highest BCUT2D eigenvalue weighted by Gasteiger charge is 2.16. The lowest BCUT2D eigenvalue weighted by atomic mass is 10.0. The van der Waals surface area contributed by atoms with Crippen LogP contribution in [-0.2, 0) is 0 Å². The van der Waals surface area contributed by atoms with E-state index in [2.05, 4.69) is 40.7 Å². The van der Waals surface area contributed by atoms with Gasteiger partial charge < -0.3 is 5.73 Å². The van der Waals surface area contributed by atoms with Crippen LogP contribution in [0.15, 0.2) is 22.7 Å². The lowest BCUT2D eigenvalue weighted by molar-refractivity contribution is 0.228. The second-order valence-corrected chi connectivity index (χ2v) is 4.80. The third-order valence-corrected chi connectivity index (χ3v) is 3.67. The molecule has 1 atom stereocenters. The van der Waals surface area contributed by atoms with Crippen molar-refractivity contribution < 1.29 is 0 Å². The largest absolute Gasteiger partial charge is 0.329 e. The molecule has 17 heavy (non-hydrogen) atoms. The fourth-order valence-electron chi connectivity index (χ4n) is 1.92. The van der Waals surface area contributed by atoms with Crippen LogP contribution in [0.1, 0.15) is 31.0 Å². The summed E-state index contributed by atoms with van der Waals surface area (Å²) in [6.45, 7) is 6.71. The molecular weight excluding hydrogens is 278 g/mol. The summed E-state index contributed by atoms with van der Waals surface area (Å²) < 4.78 is 1.04. The van der Waals surface area contributed by atoms with Gasteiger partial charge in [-0.3, -0.25) is 4.90 Å². The summed E-state index contributed by atoms with van der Waals surface area (Å²) in [7, 11) is 0. The summed E-state index contributed by atoms with van der Waals surface area (Å²) in [5.74, 6) is 0. The van der Waals surface area contributed by atoms with Gasteiger partial charge in [-0.2, -0.15) is 5.26 Å². The van der Waals surface area contributed by atoms with Gasteiger partial charge in [-0.25, -0.2) is 0 Å². The van der Waals surface area contributed by atoms with E-state index in [0.717, 1.165) is 23.1 Å². The topological polar surface area (TPSA) is 53.0 Å². The smallest absolute Gasteiger partial charge is 0.0991 e. The first-order valence-corrected chi connectivity index (χ1v) is 6.57. The maximum atomic E-state index is 8.93. The van der Waals surface area contributed by atoms with Crippen molar-refractivity contribution in [3.05, 3.63) is 33.8 Å². The molecule has 0 amide bonds. The standard InChI is InChI=1S/C13H18BrN3/c1-3-17(7-6-15)10(2)12-8-11(9-16)4-5-13(12)14/h4-5,8,10H,3,6-7,15H2,1-2H3. The maximum Gasteiger partial charge on any atom is 0.0991 e. The minimum Gasteiger partial charge on any atom is -0.329 e. The number of benzene rings is 1. The summed E-state index contributed by atoms with van der Waals surface area (Å²) >= 11 is 3.54. The monoisotopic (exact) mass is 295 g/mol. The van der Waals surface area contributed by atoms with Crippen LogP contribution in [0.5, 0.6) is 0 Å². The number of nitrogens with zero attached hydrogens (tertiary/aromatic N) is 2. The van der Waals surface area contributed by atoms with E-state index in [1.807, 2.05) is 18.2 Å². The zero-order valence-corrected chi connectivity index (χ0v) is 11.9. The molecule has 2 N–H and O–H groups in total. The van der Waals surface area contributed by atoms with Gasteiger partial charge >= 0.3 is 0 Å². The summed E-state index contributed by atoms with van der Waals surface area (Å²) in [6, 6.07) is 8.12. The van der Waals surface area contributed by atoms with E-state index in [1.54, 1.807) is 0 Å². The van der Waals surface area contributed by atoms with Crippen LogP contribution >= 0.6 is 15.9 Å². The van der Waals surface area contributed by atoms with E-state index in [0.29, 0.717) is 12.1 Å². The Labute approximate surface area is 111 Å². The first kappa shape index (κ1) is 14.2. The molecule has 1 aromatic carbocycles. The van der Waals surface area contributed by atoms with Crippen LogP contribution < -0.4 is 5.73 Å². The quantitative estimate of drug-likeness (QED) is 0.909. The highest BCUT2D eigenvalue weighted by atomic mass is 79.9. The molecule has 0 aromatic heterocycles. The fourth-order valence-corrected chi connectivity index (χ4v) is 2.50. The molecular formula is C13H18BrN3. The molecule has 0 fully saturated rings. The second-order valence-electron chi connectivity index (χ2n) is 3.94. The molecule has 3 nitrogen and oxygen atoms in total. The lowest BCUT2D eigenvalue weighted by Crippen LogP contribution is -2.32. The Hall–Kier alpha value is -0.890. The molecule has 4 heteroatoms. The number of rotatable bonds is 5. The summed E-state index contributed by atoms with van der Waals surface area (Å²) in [6.07, 6.45) is 0. The number of hydrogen-bond donors (Lipinski definition) is 1. The average molecular weight is 296 g/mol. The van der Waals surface area contributed by atoms with Gasteiger partial charge in [-0.05, 0) is 37.2 Å². The van der Waals surface area contributed by atoms with Crippen LogP contribution in [0.3, 0.4) is 0 Å². The predicted octanol–water partition coefficient (Wildman–Crippen LogP) is 2.66. The van der Waals surface area contributed by atoms with Gasteiger partial charge in [0.1, 0.15) is 0 Å². The predicted molar refractivity (Wildman–Crippen MR) is 73.6 cm³/mol. The Morgan fingerprint density at radius 1 is 1.53 bits per heavy atom. The molecule has 1 aromatic rings. The molecule has 92 valence electrons. The SMILES string of the molecule is CCN(CCN)C(C)c1cc(C#N)ccc1Br. The van der Waals surface area contributed by atoms with Crippen molar-refractivity contribution in [1.82, 2.24) is 4.90 Å². The number of halogens is 1. The average Bonchev–Trinajstić information content (AvgIpc) is 2.35. The highest BCUT2D eigenvalue weighted by Crippen LogP contribution is 2.28. The van der Waals surface area contributed by atoms with E-state index >= 15 is 0 Å². The summed E-state index contributed by atoms with van der Waals surface area (Å²) in [4.78, 5) is 2.29. The van der Waals surface area contributed by atoms with Crippen LogP contribution in [-0.4, -0.2) is 24.5 Å². The number of likely N-dealkylation sites (N-methyl/N-ethyl adjacent to an activating group) is 1. The van der Waals surface area contributed by atoms with Gasteiger partial charge in [-0.1, -0.05) is 22.9 Å². The number of nitriles is 1. The van der Waals surface area contributed by atoms with Gasteiger partial charge in [0.05, 0.1) is 11.6 Å². The van der Waals surface area contributed by atoms with E-state index in [-0.39, 0.29) is 6.04 Å². The Balaban J connectivity index is 3.01. The van der Waals surface area contributed by atoms with Crippen LogP contribution in [0, 0.1) is 11.3 Å². The number of hydrogen-bond acceptors (Lipinski definition) is 3. The van der Waals surface area contributed by atoms with Crippen molar-refractivity contribution in [2.45, 2.75) is 19.9 Å². The van der Waals surface area contributed by atoms with E-state index < -0.39 is 0 Å². The number of nitrogens with two attached hydrogens (primary N) is 1. The van der Waals surface area contributed by atoms with Crippen molar-refractivity contribution in [2.24, 2.45) is 5.73 Å². The van der Waals surface area contributed by atoms with Gasteiger partial charge in [-0.15, -0.1) is 0 Å². The Kier molecular flexibility index (Phi) is 5.63. The minimum absolute atomic E-state index is 0.256. The van der Waals surface area contributed by atoms with Gasteiger partial charge in [0, 0.05) is 23.6 Å². The van der Waals surface area contributed by atoms with Crippen molar-refractivity contribution in [2.75, 3.05) is 19.6 Å². The second kappa shape index (κ2) is 6.75. The Morgan fingerprint density at radius 2 is 2.24 bits per heavy atom. The first-order valence-electron chi connectivity index (χ1n) is 5.77. The first-order chi connectivity index (χ1) is 8.13. The lowest BCUT2D eigenvalue weighted by Gasteiger charge is -2.28. The Bertz CT molecular complexity index is 412. The van der Waals surface area contributed by atoms with E-state index in [1.165, 1.54) is 0 Å². The van der Waals surface area contributed by atoms with Crippen LogP contribution in [0.25, 0.3) is 0 Å². The zero-order valence-electron chi connectivity index (χ0n) is 10.3. The molecule has 0 spiro atoms. The molecule has 1 unspecified atom stereocenters. The molecule has 0 saturated heterocycles. The Morgan fingerprint density at radius 3 is 2.76 bits per heavy atom. The van der Waals surface area contributed by atoms with Gasteiger partial charge in [0.15, 0.2) is 0 Å². The summed E-state index contributed by atoms with van der Waals surface area (Å²) in [5.41, 5.74) is 7.44. The zero-order chi connectivity index (χ0) is 12.8. The summed E-state index contributed by atoms with van der Waals surface area (Å²) in [5, 5.41) is 8.93. The molecule has 0 aliphatic heterocycles. The molecule has 0 radical (unpaired) electrons. The molecule has 0 aliphatic carbocycles. The molecule has 0 heterocycles. The van der Waals surface area contributed by atoms with E-state index in [9.17, 15) is 0 Å². The third kappa shape index (κ3) is 3.53. The van der Waals surface area contributed by atoms with Crippen LogP contribution in [0.4, 0.5) is 0 Å². The molecule has 1 rings (SSSR count). The fraction of sp³-hybridized carbons (Fsp3) is 0.462. The minimum atomic E-state index is 0.256. The van der Waals surface area contributed by atoms with Crippen molar-refractivity contribution >= 4 is 15.9 Å². The maximum absolute atomic E-state index is 8.93. The van der Waals surface area contributed by atoms with Crippen LogP contribution in [0.2, 0.25) is 0 Å². The van der Waals surface area contributed by atoms with Crippen molar-refractivity contribution in [3.8, 4) is 6.07 Å².